The Hall–Kier alpha value is -1.75. The van der Waals surface area contributed by atoms with Gasteiger partial charge in [0.2, 0.25) is 0 Å². The molecule has 5 heteroatoms. The van der Waals surface area contributed by atoms with Crippen molar-refractivity contribution in [3.8, 4) is 11.5 Å². The zero-order chi connectivity index (χ0) is 14.1. The SMILES string of the molecule is CCOC(=O)CNCCc1ccc(OC)c(OC)c1. The van der Waals surface area contributed by atoms with Crippen LogP contribution < -0.4 is 14.8 Å². The van der Waals surface area contributed by atoms with Crippen molar-refractivity contribution in [3.63, 3.8) is 0 Å². The molecule has 1 rings (SSSR count). The fourth-order valence-corrected chi connectivity index (χ4v) is 1.67. The number of nitrogens with one attached hydrogen (secondary N) is 1. The molecule has 1 aromatic carbocycles. The number of hydrogen-bond donors (Lipinski definition) is 1. The Bertz CT molecular complexity index is 406. The van der Waals surface area contributed by atoms with Gasteiger partial charge in [-0.1, -0.05) is 6.07 Å². The summed E-state index contributed by atoms with van der Waals surface area (Å²) in [5, 5.41) is 3.04. The van der Waals surface area contributed by atoms with Crippen LogP contribution in [-0.2, 0) is 16.0 Å². The first-order valence-corrected chi connectivity index (χ1v) is 6.28. The predicted octanol–water partition coefficient (Wildman–Crippen LogP) is 1.40. The van der Waals surface area contributed by atoms with Crippen molar-refractivity contribution in [1.29, 1.82) is 0 Å². The minimum absolute atomic E-state index is 0.227. The molecule has 0 amide bonds. The van der Waals surface area contributed by atoms with Gasteiger partial charge in [0, 0.05) is 0 Å². The summed E-state index contributed by atoms with van der Waals surface area (Å²) < 4.78 is 15.2. The molecule has 1 aromatic rings. The van der Waals surface area contributed by atoms with E-state index in [2.05, 4.69) is 5.32 Å². The topological polar surface area (TPSA) is 56.8 Å². The van der Waals surface area contributed by atoms with Crippen LogP contribution in [0.1, 0.15) is 12.5 Å². The Morgan fingerprint density at radius 3 is 2.58 bits per heavy atom. The van der Waals surface area contributed by atoms with Crippen molar-refractivity contribution < 1.29 is 19.0 Å². The van der Waals surface area contributed by atoms with E-state index in [-0.39, 0.29) is 12.5 Å². The normalized spacial score (nSPS) is 10.1. The molecular formula is C14H21NO4. The van der Waals surface area contributed by atoms with Crippen LogP contribution in [0.25, 0.3) is 0 Å². The van der Waals surface area contributed by atoms with Crippen molar-refractivity contribution in [2.24, 2.45) is 0 Å². The molecule has 5 nitrogen and oxygen atoms in total. The molecule has 0 bridgehead atoms. The summed E-state index contributed by atoms with van der Waals surface area (Å²) in [5.74, 6) is 1.20. The fourth-order valence-electron chi connectivity index (χ4n) is 1.67. The van der Waals surface area contributed by atoms with Crippen LogP contribution in [0.2, 0.25) is 0 Å². The van der Waals surface area contributed by atoms with Crippen LogP contribution in [0.15, 0.2) is 18.2 Å². The maximum Gasteiger partial charge on any atom is 0.319 e. The van der Waals surface area contributed by atoms with E-state index in [1.807, 2.05) is 18.2 Å². The maximum atomic E-state index is 11.1. The second-order valence-electron chi connectivity index (χ2n) is 3.92. The van der Waals surface area contributed by atoms with Crippen LogP contribution >= 0.6 is 0 Å². The van der Waals surface area contributed by atoms with E-state index in [0.717, 1.165) is 12.0 Å². The molecule has 0 aromatic heterocycles. The molecule has 106 valence electrons. The first kappa shape index (κ1) is 15.3. The Morgan fingerprint density at radius 1 is 1.21 bits per heavy atom. The second-order valence-corrected chi connectivity index (χ2v) is 3.92. The van der Waals surface area contributed by atoms with Gasteiger partial charge in [-0.15, -0.1) is 0 Å². The highest BCUT2D eigenvalue weighted by atomic mass is 16.5. The van der Waals surface area contributed by atoms with Crippen LogP contribution in [-0.4, -0.2) is 39.9 Å². The number of esters is 1. The Labute approximate surface area is 113 Å². The number of hydrogen-bond acceptors (Lipinski definition) is 5. The lowest BCUT2D eigenvalue weighted by Crippen LogP contribution is -2.26. The smallest absolute Gasteiger partial charge is 0.319 e. The molecule has 0 unspecified atom stereocenters. The Kier molecular flexibility index (Phi) is 6.74. The minimum Gasteiger partial charge on any atom is -0.493 e. The van der Waals surface area contributed by atoms with Crippen LogP contribution in [0.5, 0.6) is 11.5 Å². The van der Waals surface area contributed by atoms with Gasteiger partial charge in [-0.05, 0) is 37.6 Å². The van der Waals surface area contributed by atoms with Gasteiger partial charge in [-0.3, -0.25) is 4.79 Å². The van der Waals surface area contributed by atoms with Gasteiger partial charge in [0.15, 0.2) is 11.5 Å². The number of ether oxygens (including phenoxy) is 3. The van der Waals surface area contributed by atoms with Gasteiger partial charge in [-0.2, -0.15) is 0 Å². The summed E-state index contributed by atoms with van der Waals surface area (Å²) in [5.41, 5.74) is 1.12. The van der Waals surface area contributed by atoms with Gasteiger partial charge < -0.3 is 19.5 Å². The Morgan fingerprint density at radius 2 is 1.95 bits per heavy atom. The number of rotatable bonds is 8. The van der Waals surface area contributed by atoms with Crippen LogP contribution in [0.4, 0.5) is 0 Å². The molecular weight excluding hydrogens is 246 g/mol. The summed E-state index contributed by atoms with van der Waals surface area (Å²) in [7, 11) is 3.22. The molecule has 0 aliphatic rings. The summed E-state index contributed by atoms with van der Waals surface area (Å²) >= 11 is 0. The molecule has 0 spiro atoms. The largest absolute Gasteiger partial charge is 0.493 e. The lowest BCUT2D eigenvalue weighted by molar-refractivity contribution is -0.141. The number of carbonyl (C=O) groups excluding carboxylic acids is 1. The van der Waals surface area contributed by atoms with Crippen LogP contribution in [0.3, 0.4) is 0 Å². The molecule has 0 fully saturated rings. The lowest BCUT2D eigenvalue weighted by Gasteiger charge is -2.10. The third kappa shape index (κ3) is 5.18. The van der Waals surface area contributed by atoms with Crippen molar-refractivity contribution in [2.75, 3.05) is 33.9 Å². The zero-order valence-electron chi connectivity index (χ0n) is 11.7. The van der Waals surface area contributed by atoms with Crippen molar-refractivity contribution in [3.05, 3.63) is 23.8 Å². The van der Waals surface area contributed by atoms with Crippen LogP contribution in [0, 0.1) is 0 Å². The molecule has 0 heterocycles. The third-order valence-electron chi connectivity index (χ3n) is 2.61. The summed E-state index contributed by atoms with van der Waals surface area (Å²) in [6.45, 7) is 3.15. The highest BCUT2D eigenvalue weighted by Crippen LogP contribution is 2.27. The molecule has 0 radical (unpaired) electrons. The zero-order valence-corrected chi connectivity index (χ0v) is 11.7. The van der Waals surface area contributed by atoms with E-state index in [0.29, 0.717) is 24.7 Å². The summed E-state index contributed by atoms with van der Waals surface area (Å²) in [6, 6.07) is 5.79. The number of benzene rings is 1. The fraction of sp³-hybridized carbons (Fsp3) is 0.500. The molecule has 0 saturated heterocycles. The van der Waals surface area contributed by atoms with E-state index in [4.69, 9.17) is 14.2 Å². The molecule has 19 heavy (non-hydrogen) atoms. The second kappa shape index (κ2) is 8.37. The van der Waals surface area contributed by atoms with Gasteiger partial charge in [0.05, 0.1) is 27.4 Å². The number of carbonyl (C=O) groups is 1. The summed E-state index contributed by atoms with van der Waals surface area (Å²) in [4.78, 5) is 11.1. The Balaban J connectivity index is 2.39. The van der Waals surface area contributed by atoms with Crippen molar-refractivity contribution in [1.82, 2.24) is 5.32 Å². The summed E-state index contributed by atoms with van der Waals surface area (Å²) in [6.07, 6.45) is 0.805. The number of methoxy groups -OCH3 is 2. The van der Waals surface area contributed by atoms with E-state index in [9.17, 15) is 4.79 Å². The molecule has 0 aliphatic carbocycles. The van der Waals surface area contributed by atoms with Crippen molar-refractivity contribution >= 4 is 5.97 Å². The van der Waals surface area contributed by atoms with Gasteiger partial charge in [0.25, 0.3) is 0 Å². The van der Waals surface area contributed by atoms with E-state index in [1.165, 1.54) is 0 Å². The molecule has 0 aliphatic heterocycles. The third-order valence-corrected chi connectivity index (χ3v) is 2.61. The highest BCUT2D eigenvalue weighted by Gasteiger charge is 2.05. The first-order chi connectivity index (χ1) is 9.21. The average molecular weight is 267 g/mol. The van der Waals surface area contributed by atoms with Gasteiger partial charge >= 0.3 is 5.97 Å². The van der Waals surface area contributed by atoms with Gasteiger partial charge in [0.1, 0.15) is 0 Å². The van der Waals surface area contributed by atoms with E-state index < -0.39 is 0 Å². The highest BCUT2D eigenvalue weighted by molar-refractivity contribution is 5.71. The van der Waals surface area contributed by atoms with E-state index in [1.54, 1.807) is 21.1 Å². The van der Waals surface area contributed by atoms with Crippen molar-refractivity contribution in [2.45, 2.75) is 13.3 Å². The standard InChI is InChI=1S/C14H21NO4/c1-4-19-14(16)10-15-8-7-11-5-6-12(17-2)13(9-11)18-3/h5-6,9,15H,4,7-8,10H2,1-3H3. The first-order valence-electron chi connectivity index (χ1n) is 6.28. The molecule has 0 atom stereocenters. The van der Waals surface area contributed by atoms with E-state index >= 15 is 0 Å². The quantitative estimate of drug-likeness (QED) is 0.570. The lowest BCUT2D eigenvalue weighted by atomic mass is 10.1. The molecule has 0 saturated carbocycles. The maximum absolute atomic E-state index is 11.1. The minimum atomic E-state index is -0.227. The monoisotopic (exact) mass is 267 g/mol. The average Bonchev–Trinajstić information content (AvgIpc) is 2.43. The van der Waals surface area contributed by atoms with Gasteiger partial charge in [-0.25, -0.2) is 0 Å². The molecule has 1 N–H and O–H groups in total. The predicted molar refractivity (Wildman–Crippen MR) is 72.8 cm³/mol.